The number of hydrogen-bond donors (Lipinski definition) is 3. The van der Waals surface area contributed by atoms with Gasteiger partial charge in [0.25, 0.3) is 0 Å². The van der Waals surface area contributed by atoms with E-state index in [4.69, 9.17) is 0 Å². The van der Waals surface area contributed by atoms with Crippen LogP contribution >= 0.6 is 0 Å². The molecule has 0 aromatic heterocycles. The summed E-state index contributed by atoms with van der Waals surface area (Å²) in [6, 6.07) is 7.19. The summed E-state index contributed by atoms with van der Waals surface area (Å²) < 4.78 is 0. The number of hydrogen-bond acceptors (Lipinski definition) is 2. The second-order valence-electron chi connectivity index (χ2n) is 4.76. The van der Waals surface area contributed by atoms with Gasteiger partial charge in [-0.3, -0.25) is 0 Å². The van der Waals surface area contributed by atoms with Crippen LogP contribution in [0.1, 0.15) is 18.4 Å². The highest BCUT2D eigenvalue weighted by atomic mass is 16.2. The second kappa shape index (κ2) is 6.79. The van der Waals surface area contributed by atoms with Gasteiger partial charge in [-0.25, -0.2) is 9.59 Å². The monoisotopic (exact) mass is 276 g/mol. The van der Waals surface area contributed by atoms with Crippen LogP contribution in [0, 0.1) is 0 Å². The Bertz CT molecular complexity index is 484. The fourth-order valence-corrected chi connectivity index (χ4v) is 2.15. The first-order chi connectivity index (χ1) is 9.69. The summed E-state index contributed by atoms with van der Waals surface area (Å²) in [4.78, 5) is 24.9. The predicted molar refractivity (Wildman–Crippen MR) is 77.6 cm³/mol. The van der Waals surface area contributed by atoms with E-state index >= 15 is 0 Å². The highest BCUT2D eigenvalue weighted by Crippen LogP contribution is 2.14. The number of carbonyl (C=O) groups excluding carboxylic acids is 2. The van der Waals surface area contributed by atoms with E-state index in [1.54, 1.807) is 7.05 Å². The fraction of sp³-hybridized carbons (Fsp3) is 0.429. The number of benzene rings is 1. The summed E-state index contributed by atoms with van der Waals surface area (Å²) in [6.07, 6.45) is 2.15. The predicted octanol–water partition coefficient (Wildman–Crippen LogP) is 1.74. The third kappa shape index (κ3) is 3.88. The number of anilines is 1. The van der Waals surface area contributed by atoms with Crippen molar-refractivity contribution in [1.29, 1.82) is 0 Å². The fourth-order valence-electron chi connectivity index (χ4n) is 2.15. The van der Waals surface area contributed by atoms with E-state index in [9.17, 15) is 9.59 Å². The van der Waals surface area contributed by atoms with Crippen LogP contribution in [0.2, 0.25) is 0 Å². The van der Waals surface area contributed by atoms with Crippen LogP contribution < -0.4 is 16.0 Å². The molecule has 1 aliphatic rings. The van der Waals surface area contributed by atoms with Gasteiger partial charge < -0.3 is 20.9 Å². The molecule has 6 heteroatoms. The summed E-state index contributed by atoms with van der Waals surface area (Å²) in [6.45, 7) is 2.07. The van der Waals surface area contributed by atoms with Crippen LogP contribution in [0.3, 0.4) is 0 Å². The molecule has 0 spiro atoms. The van der Waals surface area contributed by atoms with Crippen molar-refractivity contribution >= 4 is 17.7 Å². The minimum absolute atomic E-state index is 0.0566. The van der Waals surface area contributed by atoms with Crippen LogP contribution in [-0.2, 0) is 6.54 Å². The van der Waals surface area contributed by atoms with Gasteiger partial charge in [0.1, 0.15) is 0 Å². The van der Waals surface area contributed by atoms with Crippen molar-refractivity contribution in [3.63, 3.8) is 0 Å². The maximum Gasteiger partial charge on any atom is 0.321 e. The van der Waals surface area contributed by atoms with E-state index in [1.807, 2.05) is 29.2 Å². The van der Waals surface area contributed by atoms with E-state index in [-0.39, 0.29) is 12.1 Å². The van der Waals surface area contributed by atoms with E-state index in [0.717, 1.165) is 37.2 Å². The summed E-state index contributed by atoms with van der Waals surface area (Å²) in [7, 11) is 1.57. The van der Waals surface area contributed by atoms with Crippen molar-refractivity contribution in [2.24, 2.45) is 0 Å². The largest absolute Gasteiger partial charge is 0.341 e. The average molecular weight is 276 g/mol. The van der Waals surface area contributed by atoms with Gasteiger partial charge in [-0.15, -0.1) is 0 Å². The maximum absolute atomic E-state index is 12.0. The Morgan fingerprint density at radius 2 is 2.00 bits per heavy atom. The molecular weight excluding hydrogens is 256 g/mol. The molecule has 0 bridgehead atoms. The summed E-state index contributed by atoms with van der Waals surface area (Å²) in [5, 5.41) is 8.09. The smallest absolute Gasteiger partial charge is 0.321 e. The molecule has 6 nitrogen and oxygen atoms in total. The molecule has 1 aromatic rings. The number of nitrogens with zero attached hydrogens (tertiary/aromatic N) is 1. The van der Waals surface area contributed by atoms with Gasteiger partial charge in [-0.05, 0) is 30.5 Å². The van der Waals surface area contributed by atoms with Crippen molar-refractivity contribution in [3.8, 4) is 0 Å². The van der Waals surface area contributed by atoms with E-state index in [1.165, 1.54) is 0 Å². The Hall–Kier alpha value is -2.24. The lowest BCUT2D eigenvalue weighted by Crippen LogP contribution is -2.32. The first kappa shape index (κ1) is 14.2. The zero-order chi connectivity index (χ0) is 14.4. The van der Waals surface area contributed by atoms with Crippen molar-refractivity contribution in [2.75, 3.05) is 25.5 Å². The first-order valence-corrected chi connectivity index (χ1v) is 6.79. The summed E-state index contributed by atoms with van der Waals surface area (Å²) >= 11 is 0. The van der Waals surface area contributed by atoms with Gasteiger partial charge in [-0.2, -0.15) is 0 Å². The van der Waals surface area contributed by atoms with E-state index in [2.05, 4.69) is 16.0 Å². The Morgan fingerprint density at radius 1 is 1.25 bits per heavy atom. The number of carbonyl (C=O) groups is 2. The number of urea groups is 2. The lowest BCUT2D eigenvalue weighted by atomic mass is 10.2. The van der Waals surface area contributed by atoms with Gasteiger partial charge in [0.05, 0.1) is 0 Å². The second-order valence-corrected chi connectivity index (χ2v) is 4.76. The molecule has 108 valence electrons. The highest BCUT2D eigenvalue weighted by Gasteiger charge is 2.17. The van der Waals surface area contributed by atoms with Crippen LogP contribution in [-0.4, -0.2) is 37.1 Å². The van der Waals surface area contributed by atoms with Gasteiger partial charge >= 0.3 is 12.1 Å². The van der Waals surface area contributed by atoms with Gasteiger partial charge in [0.2, 0.25) is 0 Å². The van der Waals surface area contributed by atoms with Gasteiger partial charge in [0.15, 0.2) is 0 Å². The standard InChI is InChI=1S/C14H20N4O2/c1-15-13(19)16-10-11-5-4-6-12(9-11)17-14(20)18-7-2-3-8-18/h4-6,9H,2-3,7-8,10H2,1H3,(H,17,20)(H2,15,16,19). The lowest BCUT2D eigenvalue weighted by Gasteiger charge is -2.16. The maximum atomic E-state index is 12.0. The van der Waals surface area contributed by atoms with Crippen molar-refractivity contribution in [2.45, 2.75) is 19.4 Å². The molecule has 20 heavy (non-hydrogen) atoms. The zero-order valence-electron chi connectivity index (χ0n) is 11.6. The third-order valence-corrected chi connectivity index (χ3v) is 3.25. The molecule has 0 radical (unpaired) electrons. The molecule has 1 fully saturated rings. The molecule has 0 saturated carbocycles. The molecule has 1 heterocycles. The van der Waals surface area contributed by atoms with Crippen molar-refractivity contribution < 1.29 is 9.59 Å². The highest BCUT2D eigenvalue weighted by molar-refractivity contribution is 5.89. The molecule has 3 N–H and O–H groups in total. The average Bonchev–Trinajstić information content (AvgIpc) is 2.99. The molecular formula is C14H20N4O2. The van der Waals surface area contributed by atoms with Crippen LogP contribution in [0.4, 0.5) is 15.3 Å². The van der Waals surface area contributed by atoms with Crippen molar-refractivity contribution in [3.05, 3.63) is 29.8 Å². The Kier molecular flexibility index (Phi) is 4.81. The molecule has 2 rings (SSSR count). The van der Waals surface area contributed by atoms with E-state index in [0.29, 0.717) is 6.54 Å². The van der Waals surface area contributed by atoms with Crippen LogP contribution in [0.15, 0.2) is 24.3 Å². The Labute approximate surface area is 118 Å². The third-order valence-electron chi connectivity index (χ3n) is 3.25. The number of nitrogens with one attached hydrogen (secondary N) is 3. The minimum atomic E-state index is -0.225. The topological polar surface area (TPSA) is 73.5 Å². The molecule has 1 saturated heterocycles. The Balaban J connectivity index is 1.91. The molecule has 0 atom stereocenters. The molecule has 0 unspecified atom stereocenters. The first-order valence-electron chi connectivity index (χ1n) is 6.79. The molecule has 4 amide bonds. The number of amides is 4. The van der Waals surface area contributed by atoms with Gasteiger partial charge in [-0.1, -0.05) is 12.1 Å². The number of rotatable bonds is 3. The minimum Gasteiger partial charge on any atom is -0.341 e. The molecule has 0 aliphatic carbocycles. The van der Waals surface area contributed by atoms with E-state index < -0.39 is 0 Å². The summed E-state index contributed by atoms with van der Waals surface area (Å²) in [5.41, 5.74) is 1.69. The lowest BCUT2D eigenvalue weighted by molar-refractivity contribution is 0.222. The zero-order valence-corrected chi connectivity index (χ0v) is 11.6. The van der Waals surface area contributed by atoms with Gasteiger partial charge in [0, 0.05) is 32.4 Å². The number of likely N-dealkylation sites (tertiary alicyclic amines) is 1. The quantitative estimate of drug-likeness (QED) is 0.786. The Morgan fingerprint density at radius 3 is 2.70 bits per heavy atom. The SMILES string of the molecule is CNC(=O)NCc1cccc(NC(=O)N2CCCC2)c1. The summed E-state index contributed by atoms with van der Waals surface area (Å²) in [5.74, 6) is 0. The van der Waals surface area contributed by atoms with Crippen molar-refractivity contribution in [1.82, 2.24) is 15.5 Å². The van der Waals surface area contributed by atoms with Crippen LogP contribution in [0.5, 0.6) is 0 Å². The molecule has 1 aromatic carbocycles. The van der Waals surface area contributed by atoms with Crippen LogP contribution in [0.25, 0.3) is 0 Å². The normalized spacial score (nSPS) is 13.9. The molecule has 1 aliphatic heterocycles.